The molecule has 9 heteroatoms. The van der Waals surface area contributed by atoms with E-state index in [1.54, 1.807) is 13.0 Å². The predicted octanol–water partition coefficient (Wildman–Crippen LogP) is 2.09. The zero-order valence-corrected chi connectivity index (χ0v) is 17.8. The topological polar surface area (TPSA) is 109 Å². The zero-order valence-electron chi connectivity index (χ0n) is 17.8. The molecule has 1 saturated heterocycles. The first-order chi connectivity index (χ1) is 15.3. The number of nitrogens with one attached hydrogen (secondary N) is 3. The first kappa shape index (κ1) is 22.1. The van der Waals surface area contributed by atoms with Crippen molar-refractivity contribution in [1.29, 1.82) is 0 Å². The lowest BCUT2D eigenvalue weighted by Gasteiger charge is -2.31. The van der Waals surface area contributed by atoms with E-state index in [0.717, 1.165) is 30.2 Å². The number of carbonyl (C=O) groups is 2. The lowest BCUT2D eigenvalue weighted by Crippen LogP contribution is -2.53. The number of halogens is 2. The largest absolute Gasteiger partial charge is 0.384 e. The highest BCUT2D eigenvalue weighted by atomic mass is 19.1. The van der Waals surface area contributed by atoms with Crippen LogP contribution >= 0.6 is 0 Å². The number of nitrogens with two attached hydrogens (primary N) is 1. The fourth-order valence-corrected chi connectivity index (χ4v) is 4.54. The van der Waals surface area contributed by atoms with Gasteiger partial charge in [0.25, 0.3) is 0 Å². The fourth-order valence-electron chi connectivity index (χ4n) is 4.54. The van der Waals surface area contributed by atoms with Crippen LogP contribution in [0.5, 0.6) is 0 Å². The van der Waals surface area contributed by atoms with E-state index >= 15 is 0 Å². The van der Waals surface area contributed by atoms with Crippen molar-refractivity contribution in [2.75, 3.05) is 12.3 Å². The molecule has 1 fully saturated rings. The smallest absolute Gasteiger partial charge is 0.242 e. The van der Waals surface area contributed by atoms with Crippen LogP contribution in [0.15, 0.2) is 30.3 Å². The standard InChI is InChI=1S/C23H27F2N5O2/c1-12(22(31)30-19-6-5-18-16(19)4-7-21(26)29-18)28-23(32)20-10-13(8-9-27-20)15-3-2-14(24)11-17(15)25/h2-4,7,11-13,19-20,27H,5-6,8-10H2,1H3,(H2,26,29)(H,28,32)(H,30,31)/t12-,13-,19?,20+/m0/s1. The average Bonchev–Trinajstić information content (AvgIpc) is 3.15. The molecule has 0 saturated carbocycles. The van der Waals surface area contributed by atoms with Crippen molar-refractivity contribution < 1.29 is 18.4 Å². The Morgan fingerprint density at radius 3 is 2.75 bits per heavy atom. The summed E-state index contributed by atoms with van der Waals surface area (Å²) in [4.78, 5) is 29.8. The highest BCUT2D eigenvalue weighted by Crippen LogP contribution is 2.31. The monoisotopic (exact) mass is 443 g/mol. The maximum atomic E-state index is 14.2. The van der Waals surface area contributed by atoms with Crippen LogP contribution in [0.4, 0.5) is 14.6 Å². The van der Waals surface area contributed by atoms with Crippen molar-refractivity contribution in [2.24, 2.45) is 0 Å². The summed E-state index contributed by atoms with van der Waals surface area (Å²) in [5, 5.41) is 8.84. The van der Waals surface area contributed by atoms with E-state index in [-0.39, 0.29) is 23.8 Å². The van der Waals surface area contributed by atoms with Gasteiger partial charge in [-0.05, 0) is 68.3 Å². The van der Waals surface area contributed by atoms with Crippen molar-refractivity contribution >= 4 is 17.6 Å². The molecular weight excluding hydrogens is 416 g/mol. The van der Waals surface area contributed by atoms with Crippen molar-refractivity contribution in [3.63, 3.8) is 0 Å². The van der Waals surface area contributed by atoms with Crippen molar-refractivity contribution in [3.05, 3.63) is 58.8 Å². The third-order valence-electron chi connectivity index (χ3n) is 6.27. The minimum atomic E-state index is -0.738. The zero-order chi connectivity index (χ0) is 22.8. The Hall–Kier alpha value is -3.07. The van der Waals surface area contributed by atoms with Crippen LogP contribution in [0.25, 0.3) is 0 Å². The second-order valence-electron chi connectivity index (χ2n) is 8.50. The Kier molecular flexibility index (Phi) is 6.36. The molecule has 1 aromatic heterocycles. The number of aryl methyl sites for hydroxylation is 1. The van der Waals surface area contributed by atoms with Gasteiger partial charge in [-0.2, -0.15) is 0 Å². The fraction of sp³-hybridized carbons (Fsp3) is 0.435. The summed E-state index contributed by atoms with van der Waals surface area (Å²) < 4.78 is 27.4. The summed E-state index contributed by atoms with van der Waals surface area (Å²) in [5.41, 5.74) is 7.97. The molecule has 2 aromatic rings. The van der Waals surface area contributed by atoms with Crippen LogP contribution in [-0.4, -0.2) is 35.4 Å². The van der Waals surface area contributed by atoms with E-state index in [1.165, 1.54) is 12.1 Å². The van der Waals surface area contributed by atoms with Gasteiger partial charge < -0.3 is 21.7 Å². The molecule has 1 aliphatic heterocycles. The minimum absolute atomic E-state index is 0.163. The first-order valence-corrected chi connectivity index (χ1v) is 10.9. The quantitative estimate of drug-likeness (QED) is 0.566. The van der Waals surface area contributed by atoms with Crippen LogP contribution in [0.2, 0.25) is 0 Å². The molecule has 2 aliphatic rings. The highest BCUT2D eigenvalue weighted by Gasteiger charge is 2.32. The molecule has 7 nitrogen and oxygen atoms in total. The summed E-state index contributed by atoms with van der Waals surface area (Å²) in [5.74, 6) is -1.58. The number of amides is 2. The van der Waals surface area contributed by atoms with Gasteiger partial charge in [-0.1, -0.05) is 12.1 Å². The summed E-state index contributed by atoms with van der Waals surface area (Å²) in [7, 11) is 0. The van der Waals surface area contributed by atoms with Crippen LogP contribution in [0.3, 0.4) is 0 Å². The second kappa shape index (κ2) is 9.20. The van der Waals surface area contributed by atoms with Crippen molar-refractivity contribution in [1.82, 2.24) is 20.9 Å². The number of fused-ring (bicyclic) bond motifs is 1. The summed E-state index contributed by atoms with van der Waals surface area (Å²) in [6.45, 7) is 2.15. The van der Waals surface area contributed by atoms with Crippen molar-refractivity contribution in [3.8, 4) is 0 Å². The number of nitrogens with zero attached hydrogens (tertiary/aromatic N) is 1. The van der Waals surface area contributed by atoms with Gasteiger partial charge >= 0.3 is 0 Å². The third kappa shape index (κ3) is 4.72. The molecule has 0 spiro atoms. The highest BCUT2D eigenvalue weighted by molar-refractivity contribution is 5.89. The molecule has 2 heterocycles. The molecule has 0 bridgehead atoms. The van der Waals surface area contributed by atoms with E-state index in [9.17, 15) is 18.4 Å². The Morgan fingerprint density at radius 2 is 1.97 bits per heavy atom. The van der Waals surface area contributed by atoms with E-state index < -0.39 is 23.7 Å². The number of rotatable bonds is 5. The number of nitrogen functional groups attached to an aromatic ring is 1. The second-order valence-corrected chi connectivity index (χ2v) is 8.50. The molecule has 1 unspecified atom stereocenters. The molecule has 170 valence electrons. The number of carbonyl (C=O) groups excluding carboxylic acids is 2. The molecule has 2 amide bonds. The molecule has 1 aliphatic carbocycles. The predicted molar refractivity (Wildman–Crippen MR) is 116 cm³/mol. The summed E-state index contributed by atoms with van der Waals surface area (Å²) >= 11 is 0. The summed E-state index contributed by atoms with van der Waals surface area (Å²) in [6.07, 6.45) is 2.47. The summed E-state index contributed by atoms with van der Waals surface area (Å²) in [6, 6.07) is 5.66. The van der Waals surface area contributed by atoms with Gasteiger partial charge in [0.05, 0.1) is 12.1 Å². The number of piperidine rings is 1. The van der Waals surface area contributed by atoms with Crippen LogP contribution in [-0.2, 0) is 16.0 Å². The third-order valence-corrected chi connectivity index (χ3v) is 6.27. The molecule has 0 radical (unpaired) electrons. The normalized spacial score (nSPS) is 23.3. The first-order valence-electron chi connectivity index (χ1n) is 10.9. The van der Waals surface area contributed by atoms with E-state index in [1.807, 2.05) is 6.07 Å². The molecule has 5 N–H and O–H groups in total. The van der Waals surface area contributed by atoms with Gasteiger partial charge in [-0.3, -0.25) is 9.59 Å². The maximum absolute atomic E-state index is 14.2. The molecular formula is C23H27F2N5O2. The average molecular weight is 443 g/mol. The van der Waals surface area contributed by atoms with Crippen LogP contribution < -0.4 is 21.7 Å². The van der Waals surface area contributed by atoms with Gasteiger partial charge in [0.2, 0.25) is 11.8 Å². The minimum Gasteiger partial charge on any atom is -0.384 e. The van der Waals surface area contributed by atoms with Gasteiger partial charge in [0.1, 0.15) is 23.5 Å². The number of anilines is 1. The Morgan fingerprint density at radius 1 is 1.19 bits per heavy atom. The van der Waals surface area contributed by atoms with E-state index in [2.05, 4.69) is 20.9 Å². The molecule has 32 heavy (non-hydrogen) atoms. The van der Waals surface area contributed by atoms with Crippen LogP contribution in [0.1, 0.15) is 55.0 Å². The lowest BCUT2D eigenvalue weighted by molar-refractivity contribution is -0.130. The number of benzene rings is 1. The Balaban J connectivity index is 1.33. The van der Waals surface area contributed by atoms with Crippen molar-refractivity contribution in [2.45, 2.75) is 56.7 Å². The van der Waals surface area contributed by atoms with Gasteiger partial charge in [-0.15, -0.1) is 0 Å². The lowest BCUT2D eigenvalue weighted by atomic mass is 9.85. The number of hydrogen-bond acceptors (Lipinski definition) is 5. The van der Waals surface area contributed by atoms with Gasteiger partial charge in [-0.25, -0.2) is 13.8 Å². The molecule has 1 aromatic carbocycles. The maximum Gasteiger partial charge on any atom is 0.242 e. The molecule has 4 atom stereocenters. The SMILES string of the molecule is C[C@H](NC(=O)[C@H]1C[C@@H](c2ccc(F)cc2F)CCN1)C(=O)NC1CCc2nc(N)ccc21. The Bertz CT molecular complexity index is 1030. The Labute approximate surface area is 185 Å². The van der Waals surface area contributed by atoms with Gasteiger partial charge in [0.15, 0.2) is 0 Å². The number of aromatic nitrogens is 1. The van der Waals surface area contributed by atoms with Gasteiger partial charge in [0, 0.05) is 11.8 Å². The molecule has 4 rings (SSSR count). The number of hydrogen-bond donors (Lipinski definition) is 4. The van der Waals surface area contributed by atoms with Crippen LogP contribution in [0, 0.1) is 11.6 Å². The van der Waals surface area contributed by atoms with E-state index in [0.29, 0.717) is 30.8 Å². The number of pyridine rings is 1. The van der Waals surface area contributed by atoms with E-state index in [4.69, 9.17) is 5.73 Å².